The zero-order valence-corrected chi connectivity index (χ0v) is 9.93. The first-order valence-electron chi connectivity index (χ1n) is 3.92. The number of amides is 1. The Balaban J connectivity index is 2.60. The predicted molar refractivity (Wildman–Crippen MR) is 59.6 cm³/mol. The van der Waals surface area contributed by atoms with Crippen molar-refractivity contribution in [3.8, 4) is 0 Å². The summed E-state index contributed by atoms with van der Waals surface area (Å²) in [6, 6.07) is 3.72. The molecule has 0 aliphatic rings. The Morgan fingerprint density at radius 3 is 2.93 bits per heavy atom. The van der Waals surface area contributed by atoms with Crippen LogP contribution in [0.3, 0.4) is 0 Å². The minimum Gasteiger partial charge on any atom is -0.293 e. The summed E-state index contributed by atoms with van der Waals surface area (Å²) in [5.74, 6) is 4.80. The number of hydrogen-bond donors (Lipinski definition) is 2. The second-order valence-corrected chi connectivity index (χ2v) is 4.86. The number of nitrogens with two attached hydrogens (primary N) is 1. The SMILES string of the molecule is CC(Sc1ccc(Br)cn1)C(=O)NN. The van der Waals surface area contributed by atoms with Gasteiger partial charge in [0.25, 0.3) is 0 Å². The molecular weight excluding hydrogens is 266 g/mol. The zero-order chi connectivity index (χ0) is 10.6. The number of aromatic nitrogens is 1. The highest BCUT2D eigenvalue weighted by Crippen LogP contribution is 2.21. The summed E-state index contributed by atoms with van der Waals surface area (Å²) in [5, 5.41) is 0.554. The third-order valence-electron chi connectivity index (χ3n) is 1.51. The van der Waals surface area contributed by atoms with Crippen LogP contribution in [-0.2, 0) is 4.79 Å². The molecule has 0 aliphatic carbocycles. The van der Waals surface area contributed by atoms with E-state index in [1.165, 1.54) is 11.8 Å². The van der Waals surface area contributed by atoms with E-state index in [9.17, 15) is 4.79 Å². The molecule has 0 aliphatic heterocycles. The van der Waals surface area contributed by atoms with Gasteiger partial charge in [0.15, 0.2) is 0 Å². The van der Waals surface area contributed by atoms with E-state index in [1.807, 2.05) is 12.1 Å². The quantitative estimate of drug-likeness (QED) is 0.378. The molecule has 1 aromatic heterocycles. The third kappa shape index (κ3) is 3.28. The van der Waals surface area contributed by atoms with Crippen LogP contribution in [-0.4, -0.2) is 16.1 Å². The molecule has 1 heterocycles. The standard InChI is InChI=1S/C8H10BrN3OS/c1-5(8(13)12-10)14-7-3-2-6(9)4-11-7/h2-5H,10H2,1H3,(H,12,13). The highest BCUT2D eigenvalue weighted by molar-refractivity contribution is 9.10. The van der Waals surface area contributed by atoms with Crippen molar-refractivity contribution in [3.63, 3.8) is 0 Å². The Hall–Kier alpha value is -0.590. The van der Waals surface area contributed by atoms with Gasteiger partial charge >= 0.3 is 0 Å². The van der Waals surface area contributed by atoms with Gasteiger partial charge < -0.3 is 0 Å². The fourth-order valence-corrected chi connectivity index (χ4v) is 1.82. The normalized spacial score (nSPS) is 12.2. The first-order chi connectivity index (χ1) is 6.63. The summed E-state index contributed by atoms with van der Waals surface area (Å²) < 4.78 is 0.915. The van der Waals surface area contributed by atoms with Crippen molar-refractivity contribution in [1.82, 2.24) is 10.4 Å². The minimum atomic E-state index is -0.242. The molecule has 3 N–H and O–H groups in total. The number of hydrazine groups is 1. The lowest BCUT2D eigenvalue weighted by molar-refractivity contribution is -0.120. The van der Waals surface area contributed by atoms with Gasteiger partial charge in [-0.05, 0) is 35.0 Å². The average molecular weight is 276 g/mol. The first-order valence-corrected chi connectivity index (χ1v) is 5.59. The number of nitrogens with zero attached hydrogens (tertiary/aromatic N) is 1. The Bertz CT molecular complexity index is 317. The number of halogens is 1. The van der Waals surface area contributed by atoms with E-state index >= 15 is 0 Å². The van der Waals surface area contributed by atoms with Gasteiger partial charge in [0.1, 0.15) is 0 Å². The molecular formula is C8H10BrN3OS. The molecule has 6 heteroatoms. The van der Waals surface area contributed by atoms with Crippen LogP contribution < -0.4 is 11.3 Å². The molecule has 14 heavy (non-hydrogen) atoms. The lowest BCUT2D eigenvalue weighted by Crippen LogP contribution is -2.36. The van der Waals surface area contributed by atoms with E-state index in [0.29, 0.717) is 0 Å². The van der Waals surface area contributed by atoms with Crippen LogP contribution >= 0.6 is 27.7 Å². The molecule has 0 saturated carbocycles. The minimum absolute atomic E-state index is 0.209. The van der Waals surface area contributed by atoms with Crippen molar-refractivity contribution in [1.29, 1.82) is 0 Å². The van der Waals surface area contributed by atoms with Gasteiger partial charge in [0.05, 0.1) is 10.3 Å². The van der Waals surface area contributed by atoms with E-state index in [2.05, 4.69) is 26.3 Å². The largest absolute Gasteiger partial charge is 0.293 e. The lowest BCUT2D eigenvalue weighted by Gasteiger charge is -2.07. The molecule has 0 radical (unpaired) electrons. The maximum absolute atomic E-state index is 11.1. The molecule has 1 rings (SSSR count). The van der Waals surface area contributed by atoms with Crippen molar-refractivity contribution >= 4 is 33.6 Å². The van der Waals surface area contributed by atoms with Crippen LogP contribution in [0.4, 0.5) is 0 Å². The fraction of sp³-hybridized carbons (Fsp3) is 0.250. The van der Waals surface area contributed by atoms with Crippen LogP contribution in [0.2, 0.25) is 0 Å². The van der Waals surface area contributed by atoms with Gasteiger partial charge in [0, 0.05) is 10.7 Å². The molecule has 1 atom stereocenters. The topological polar surface area (TPSA) is 68.0 Å². The predicted octanol–water partition coefficient (Wildman–Crippen LogP) is 1.31. The molecule has 0 bridgehead atoms. The van der Waals surface area contributed by atoms with E-state index in [4.69, 9.17) is 5.84 Å². The lowest BCUT2D eigenvalue weighted by atomic mass is 10.5. The van der Waals surface area contributed by atoms with Gasteiger partial charge in [0.2, 0.25) is 5.91 Å². The van der Waals surface area contributed by atoms with E-state index in [1.54, 1.807) is 13.1 Å². The van der Waals surface area contributed by atoms with Gasteiger partial charge in [-0.2, -0.15) is 0 Å². The number of carbonyl (C=O) groups is 1. The molecule has 1 aromatic rings. The van der Waals surface area contributed by atoms with E-state index in [-0.39, 0.29) is 11.2 Å². The summed E-state index contributed by atoms with van der Waals surface area (Å²) in [7, 11) is 0. The van der Waals surface area contributed by atoms with Crippen LogP contribution in [0, 0.1) is 0 Å². The van der Waals surface area contributed by atoms with Crippen LogP contribution in [0.1, 0.15) is 6.92 Å². The number of carbonyl (C=O) groups excluding carboxylic acids is 1. The highest BCUT2D eigenvalue weighted by atomic mass is 79.9. The molecule has 1 unspecified atom stereocenters. The first kappa shape index (κ1) is 11.5. The molecule has 0 fully saturated rings. The number of nitrogens with one attached hydrogen (secondary N) is 1. The molecule has 0 aromatic carbocycles. The molecule has 0 spiro atoms. The summed E-state index contributed by atoms with van der Waals surface area (Å²) in [4.78, 5) is 15.2. The molecule has 76 valence electrons. The molecule has 4 nitrogen and oxygen atoms in total. The highest BCUT2D eigenvalue weighted by Gasteiger charge is 2.13. The van der Waals surface area contributed by atoms with Crippen LogP contribution in [0.15, 0.2) is 27.8 Å². The Kier molecular flexibility index (Phi) is 4.37. The maximum Gasteiger partial charge on any atom is 0.247 e. The number of rotatable bonds is 3. The molecule has 0 saturated heterocycles. The summed E-state index contributed by atoms with van der Waals surface area (Å²) in [5.41, 5.74) is 2.10. The summed E-state index contributed by atoms with van der Waals surface area (Å²) in [6.45, 7) is 1.77. The van der Waals surface area contributed by atoms with Crippen molar-refractivity contribution < 1.29 is 4.79 Å². The fourth-order valence-electron chi connectivity index (χ4n) is 0.784. The van der Waals surface area contributed by atoms with Crippen molar-refractivity contribution in [2.45, 2.75) is 17.2 Å². The second kappa shape index (κ2) is 5.33. The van der Waals surface area contributed by atoms with Crippen molar-refractivity contribution in [2.75, 3.05) is 0 Å². The number of hydrogen-bond acceptors (Lipinski definition) is 4. The number of thioether (sulfide) groups is 1. The van der Waals surface area contributed by atoms with E-state index in [0.717, 1.165) is 9.50 Å². The van der Waals surface area contributed by atoms with Gasteiger partial charge in [-0.1, -0.05) is 11.8 Å². The second-order valence-electron chi connectivity index (χ2n) is 2.58. The van der Waals surface area contributed by atoms with Gasteiger partial charge in [-0.15, -0.1) is 0 Å². The van der Waals surface area contributed by atoms with E-state index < -0.39 is 0 Å². The number of pyridine rings is 1. The smallest absolute Gasteiger partial charge is 0.247 e. The maximum atomic E-state index is 11.1. The van der Waals surface area contributed by atoms with Crippen LogP contribution in [0.25, 0.3) is 0 Å². The average Bonchev–Trinajstić information content (AvgIpc) is 2.20. The Labute approximate surface area is 94.8 Å². The van der Waals surface area contributed by atoms with Crippen molar-refractivity contribution in [3.05, 3.63) is 22.8 Å². The van der Waals surface area contributed by atoms with Crippen LogP contribution in [0.5, 0.6) is 0 Å². The zero-order valence-electron chi connectivity index (χ0n) is 7.53. The van der Waals surface area contributed by atoms with Gasteiger partial charge in [-0.25, -0.2) is 10.8 Å². The third-order valence-corrected chi connectivity index (χ3v) is 3.03. The Morgan fingerprint density at radius 1 is 1.71 bits per heavy atom. The Morgan fingerprint density at radius 2 is 2.43 bits per heavy atom. The summed E-state index contributed by atoms with van der Waals surface area (Å²) in [6.07, 6.45) is 1.69. The molecule has 1 amide bonds. The van der Waals surface area contributed by atoms with Crippen molar-refractivity contribution in [2.24, 2.45) is 5.84 Å². The monoisotopic (exact) mass is 275 g/mol. The summed E-state index contributed by atoms with van der Waals surface area (Å²) >= 11 is 4.64. The van der Waals surface area contributed by atoms with Gasteiger partial charge in [-0.3, -0.25) is 10.2 Å².